The van der Waals surface area contributed by atoms with Gasteiger partial charge < -0.3 is 9.47 Å². The van der Waals surface area contributed by atoms with Crippen LogP contribution in [0.1, 0.15) is 26.3 Å². The van der Waals surface area contributed by atoms with Gasteiger partial charge >= 0.3 is 0 Å². The zero-order chi connectivity index (χ0) is 19.6. The Bertz CT molecular complexity index is 979. The second-order valence-corrected chi connectivity index (χ2v) is 9.00. The second-order valence-electron chi connectivity index (χ2n) is 7.05. The van der Waals surface area contributed by atoms with Gasteiger partial charge in [-0.25, -0.2) is 4.98 Å². The maximum atomic E-state index is 12.3. The minimum Gasteiger partial charge on any atom is -0.494 e. The van der Waals surface area contributed by atoms with Gasteiger partial charge in [0.15, 0.2) is 11.7 Å². The van der Waals surface area contributed by atoms with Crippen LogP contribution in [-0.4, -0.2) is 24.6 Å². The molecule has 1 aromatic heterocycles. The van der Waals surface area contributed by atoms with E-state index in [4.69, 9.17) is 9.47 Å². The molecule has 5 nitrogen and oxygen atoms in total. The summed E-state index contributed by atoms with van der Waals surface area (Å²) in [6, 6.07) is 11.5. The summed E-state index contributed by atoms with van der Waals surface area (Å²) in [6.07, 6.45) is 0. The van der Waals surface area contributed by atoms with E-state index in [9.17, 15) is 4.79 Å². The predicted molar refractivity (Wildman–Crippen MR) is 113 cm³/mol. The fourth-order valence-corrected chi connectivity index (χ4v) is 3.91. The van der Waals surface area contributed by atoms with Crippen LogP contribution in [0.4, 0.5) is 5.13 Å². The minimum absolute atomic E-state index is 0.0855. The van der Waals surface area contributed by atoms with Crippen molar-refractivity contribution in [3.8, 4) is 11.5 Å². The van der Waals surface area contributed by atoms with Gasteiger partial charge in [-0.1, -0.05) is 54.1 Å². The van der Waals surface area contributed by atoms with E-state index in [1.165, 1.54) is 11.3 Å². The summed E-state index contributed by atoms with van der Waals surface area (Å²) in [6.45, 7) is 6.24. The SMILES string of the molecule is COc1cccc2sc(NC(=O)COc3ccc(Br)cc3C(C)(C)C)nc12. The topological polar surface area (TPSA) is 60.5 Å². The molecule has 0 bridgehead atoms. The van der Waals surface area contributed by atoms with Gasteiger partial charge in [-0.2, -0.15) is 0 Å². The molecule has 0 fully saturated rings. The summed E-state index contributed by atoms with van der Waals surface area (Å²) < 4.78 is 13.0. The lowest BCUT2D eigenvalue weighted by atomic mass is 9.86. The molecule has 0 radical (unpaired) electrons. The number of hydrogen-bond donors (Lipinski definition) is 1. The Morgan fingerprint density at radius 1 is 1.22 bits per heavy atom. The first-order chi connectivity index (χ1) is 12.8. The van der Waals surface area contributed by atoms with Gasteiger partial charge in [0.25, 0.3) is 5.91 Å². The van der Waals surface area contributed by atoms with Crippen molar-refractivity contribution in [3.63, 3.8) is 0 Å². The molecule has 27 heavy (non-hydrogen) atoms. The smallest absolute Gasteiger partial charge is 0.264 e. The molecule has 3 aromatic rings. The highest BCUT2D eigenvalue weighted by Gasteiger charge is 2.20. The van der Waals surface area contributed by atoms with Crippen molar-refractivity contribution in [2.45, 2.75) is 26.2 Å². The molecule has 1 heterocycles. The Labute approximate surface area is 170 Å². The number of rotatable bonds is 5. The number of fused-ring (bicyclic) bond motifs is 1. The number of benzene rings is 2. The number of carbonyl (C=O) groups excluding carboxylic acids is 1. The molecule has 1 amide bonds. The summed E-state index contributed by atoms with van der Waals surface area (Å²) in [7, 11) is 1.60. The maximum Gasteiger partial charge on any atom is 0.264 e. The van der Waals surface area contributed by atoms with E-state index in [0.29, 0.717) is 16.6 Å². The number of para-hydroxylation sites is 1. The predicted octanol–water partition coefficient (Wildman–Crippen LogP) is 5.38. The number of carbonyl (C=O) groups is 1. The van der Waals surface area contributed by atoms with Crippen molar-refractivity contribution in [2.75, 3.05) is 19.0 Å². The Balaban J connectivity index is 1.71. The molecule has 0 spiro atoms. The number of thiazole rings is 1. The number of hydrogen-bond acceptors (Lipinski definition) is 5. The lowest BCUT2D eigenvalue weighted by molar-refractivity contribution is -0.118. The number of halogens is 1. The number of methoxy groups -OCH3 is 1. The molecule has 0 saturated heterocycles. The average molecular weight is 449 g/mol. The molecule has 142 valence electrons. The van der Waals surface area contributed by atoms with E-state index in [1.54, 1.807) is 7.11 Å². The van der Waals surface area contributed by atoms with Crippen molar-refractivity contribution in [1.82, 2.24) is 4.98 Å². The van der Waals surface area contributed by atoms with Crippen molar-refractivity contribution in [2.24, 2.45) is 0 Å². The van der Waals surface area contributed by atoms with Crippen LogP contribution in [0.15, 0.2) is 40.9 Å². The van der Waals surface area contributed by atoms with Crippen LogP contribution >= 0.6 is 27.3 Å². The van der Waals surface area contributed by atoms with Crippen LogP contribution in [0.25, 0.3) is 10.2 Å². The molecule has 0 unspecified atom stereocenters. The summed E-state index contributed by atoms with van der Waals surface area (Å²) in [5.74, 6) is 1.13. The first-order valence-corrected chi connectivity index (χ1v) is 10.0. The number of amides is 1. The molecule has 0 atom stereocenters. The molecule has 0 aliphatic carbocycles. The normalized spacial score (nSPS) is 11.4. The van der Waals surface area contributed by atoms with Crippen LogP contribution in [0.5, 0.6) is 11.5 Å². The van der Waals surface area contributed by atoms with Crippen molar-refractivity contribution >= 4 is 48.5 Å². The van der Waals surface area contributed by atoms with Gasteiger partial charge in [0.05, 0.1) is 11.8 Å². The maximum absolute atomic E-state index is 12.3. The third-order valence-electron chi connectivity index (χ3n) is 3.96. The molecule has 1 N–H and O–H groups in total. The van der Waals surface area contributed by atoms with Gasteiger partial charge in [0.2, 0.25) is 0 Å². The summed E-state index contributed by atoms with van der Waals surface area (Å²) >= 11 is 4.89. The van der Waals surface area contributed by atoms with Crippen LogP contribution < -0.4 is 14.8 Å². The Morgan fingerprint density at radius 2 is 2.00 bits per heavy atom. The van der Waals surface area contributed by atoms with E-state index in [1.807, 2.05) is 36.4 Å². The molecule has 3 rings (SSSR count). The van der Waals surface area contributed by atoms with Gasteiger partial charge in [0.1, 0.15) is 17.0 Å². The lowest BCUT2D eigenvalue weighted by Crippen LogP contribution is -2.21. The van der Waals surface area contributed by atoms with Gasteiger partial charge in [-0.3, -0.25) is 10.1 Å². The highest BCUT2D eigenvalue weighted by molar-refractivity contribution is 9.10. The highest BCUT2D eigenvalue weighted by atomic mass is 79.9. The summed E-state index contributed by atoms with van der Waals surface area (Å²) in [5.41, 5.74) is 1.68. The molecule has 7 heteroatoms. The minimum atomic E-state index is -0.254. The van der Waals surface area contributed by atoms with E-state index in [2.05, 4.69) is 47.0 Å². The Hall–Kier alpha value is -2.12. The van der Waals surface area contributed by atoms with Crippen molar-refractivity contribution in [1.29, 1.82) is 0 Å². The van der Waals surface area contributed by atoms with Gasteiger partial charge in [-0.05, 0) is 35.7 Å². The van der Waals surface area contributed by atoms with Gasteiger partial charge in [-0.15, -0.1) is 0 Å². The van der Waals surface area contributed by atoms with Crippen LogP contribution in [-0.2, 0) is 10.2 Å². The van der Waals surface area contributed by atoms with Crippen LogP contribution in [0, 0.1) is 0 Å². The van der Waals surface area contributed by atoms with Crippen molar-refractivity contribution < 1.29 is 14.3 Å². The second kappa shape index (κ2) is 7.86. The van der Waals surface area contributed by atoms with E-state index < -0.39 is 0 Å². The average Bonchev–Trinajstić information content (AvgIpc) is 3.02. The number of nitrogens with one attached hydrogen (secondary N) is 1. The number of ether oxygens (including phenoxy) is 2. The number of anilines is 1. The highest BCUT2D eigenvalue weighted by Crippen LogP contribution is 2.34. The summed E-state index contributed by atoms with van der Waals surface area (Å²) in [5, 5.41) is 3.32. The van der Waals surface area contributed by atoms with E-state index in [-0.39, 0.29) is 17.9 Å². The van der Waals surface area contributed by atoms with Gasteiger partial charge in [0, 0.05) is 10.0 Å². The Morgan fingerprint density at radius 3 is 2.70 bits per heavy atom. The van der Waals surface area contributed by atoms with Crippen molar-refractivity contribution in [3.05, 3.63) is 46.4 Å². The summed E-state index contributed by atoms with van der Waals surface area (Å²) in [4.78, 5) is 16.8. The molecular formula is C20H21BrN2O3S. The lowest BCUT2D eigenvalue weighted by Gasteiger charge is -2.23. The standard InChI is InChI=1S/C20H21BrN2O3S/c1-20(2,3)13-10-12(21)8-9-14(13)26-11-17(24)22-19-23-18-15(25-4)6-5-7-16(18)27-19/h5-10H,11H2,1-4H3,(H,22,23,24). The Kier molecular flexibility index (Phi) is 5.72. The first kappa shape index (κ1) is 19.6. The molecule has 0 aliphatic heterocycles. The molecule has 0 saturated carbocycles. The first-order valence-electron chi connectivity index (χ1n) is 8.44. The fourth-order valence-electron chi connectivity index (χ4n) is 2.65. The fraction of sp³-hybridized carbons (Fsp3) is 0.300. The zero-order valence-corrected chi connectivity index (χ0v) is 18.0. The third-order valence-corrected chi connectivity index (χ3v) is 5.39. The largest absolute Gasteiger partial charge is 0.494 e. The quantitative estimate of drug-likeness (QED) is 0.568. The molecule has 0 aliphatic rings. The molecular weight excluding hydrogens is 428 g/mol. The van der Waals surface area contributed by atoms with Crippen LogP contribution in [0.2, 0.25) is 0 Å². The van der Waals surface area contributed by atoms with Crippen LogP contribution in [0.3, 0.4) is 0 Å². The number of aromatic nitrogens is 1. The zero-order valence-electron chi connectivity index (χ0n) is 15.6. The van der Waals surface area contributed by atoms with E-state index in [0.717, 1.165) is 20.3 Å². The monoisotopic (exact) mass is 448 g/mol. The number of nitrogens with zero attached hydrogens (tertiary/aromatic N) is 1. The third kappa shape index (κ3) is 4.59. The van der Waals surface area contributed by atoms with E-state index >= 15 is 0 Å². The molecule has 2 aromatic carbocycles.